The Morgan fingerprint density at radius 3 is 1.81 bits per heavy atom. The monoisotopic (exact) mass is 755 g/mol. The van der Waals surface area contributed by atoms with Gasteiger partial charge in [-0.2, -0.15) is 0 Å². The van der Waals surface area contributed by atoms with Crippen molar-refractivity contribution in [3.8, 4) is 22.3 Å². The number of hydrogen-bond donors (Lipinski definition) is 0. The second-order valence-corrected chi connectivity index (χ2v) is 16.1. The molecule has 0 spiro atoms. The minimum absolute atomic E-state index is 0.896. The smallest absolute Gasteiger partial charge is 0.0544 e. The molecule has 0 saturated carbocycles. The number of thiophene rings is 1. The van der Waals surface area contributed by atoms with Crippen LogP contribution in [0.2, 0.25) is 0 Å². The molecule has 1 nitrogen and oxygen atoms in total. The summed E-state index contributed by atoms with van der Waals surface area (Å²) in [5.74, 6) is 0. The van der Waals surface area contributed by atoms with Crippen molar-refractivity contribution in [2.24, 2.45) is 0 Å². The molecule has 9 aromatic rings. The van der Waals surface area contributed by atoms with Crippen molar-refractivity contribution in [2.45, 2.75) is 12.8 Å². The molecular formula is C56H37NS. The van der Waals surface area contributed by atoms with E-state index in [1.807, 2.05) is 11.3 Å². The largest absolute Gasteiger partial charge is 0.313 e. The van der Waals surface area contributed by atoms with E-state index >= 15 is 0 Å². The molecule has 1 heterocycles. The molecule has 0 radical (unpaired) electrons. The molecule has 8 aromatic carbocycles. The van der Waals surface area contributed by atoms with Gasteiger partial charge in [0.1, 0.15) is 0 Å². The minimum Gasteiger partial charge on any atom is -0.313 e. The van der Waals surface area contributed by atoms with E-state index in [2.05, 4.69) is 217 Å². The molecule has 0 atom stereocenters. The second kappa shape index (κ2) is 14.4. The molecule has 0 aliphatic heterocycles. The van der Waals surface area contributed by atoms with Gasteiger partial charge < -0.3 is 4.90 Å². The molecule has 0 unspecified atom stereocenters. The molecular weight excluding hydrogens is 719 g/mol. The maximum Gasteiger partial charge on any atom is 0.0544 e. The van der Waals surface area contributed by atoms with Gasteiger partial charge in [0.25, 0.3) is 0 Å². The summed E-state index contributed by atoms with van der Waals surface area (Å²) in [6, 6.07) is 66.1. The van der Waals surface area contributed by atoms with Crippen LogP contribution < -0.4 is 4.90 Å². The van der Waals surface area contributed by atoms with Crippen LogP contribution in [-0.4, -0.2) is 0 Å². The average molecular weight is 756 g/mol. The van der Waals surface area contributed by atoms with Gasteiger partial charge in [-0.05, 0) is 92.7 Å². The third kappa shape index (κ3) is 5.96. The van der Waals surface area contributed by atoms with Crippen molar-refractivity contribution in [2.75, 3.05) is 4.90 Å². The minimum atomic E-state index is 0.896. The maximum atomic E-state index is 3.59. The van der Waals surface area contributed by atoms with Gasteiger partial charge in [0.05, 0.1) is 21.8 Å². The first-order valence-electron chi connectivity index (χ1n) is 20.0. The summed E-state index contributed by atoms with van der Waals surface area (Å²) in [5.41, 5.74) is 21.6. The number of hydrogen-bond acceptors (Lipinski definition) is 2. The number of para-hydroxylation sites is 1. The van der Waals surface area contributed by atoms with Crippen LogP contribution >= 0.6 is 11.3 Å². The van der Waals surface area contributed by atoms with Crippen LogP contribution in [0.5, 0.6) is 0 Å². The summed E-state index contributed by atoms with van der Waals surface area (Å²) in [7, 11) is 0. The number of benzene rings is 8. The second-order valence-electron chi connectivity index (χ2n) is 15.0. The van der Waals surface area contributed by atoms with Crippen LogP contribution in [0, 0.1) is 0 Å². The van der Waals surface area contributed by atoms with Gasteiger partial charge in [0, 0.05) is 32.3 Å². The topological polar surface area (TPSA) is 3.24 Å². The Balaban J connectivity index is 1.01. The van der Waals surface area contributed by atoms with Crippen molar-refractivity contribution in [1.82, 2.24) is 0 Å². The first-order chi connectivity index (χ1) is 28.8. The summed E-state index contributed by atoms with van der Waals surface area (Å²) in [6.45, 7) is 0. The lowest BCUT2D eigenvalue weighted by Crippen LogP contribution is -2.20. The highest BCUT2D eigenvalue weighted by atomic mass is 32.1. The van der Waals surface area contributed by atoms with Crippen LogP contribution in [0.25, 0.3) is 71.1 Å². The fourth-order valence-corrected chi connectivity index (χ4v) is 9.97. The number of anilines is 2. The van der Waals surface area contributed by atoms with Gasteiger partial charge in [-0.25, -0.2) is 0 Å². The lowest BCUT2D eigenvalue weighted by atomic mass is 9.91. The lowest BCUT2D eigenvalue weighted by Gasteiger charge is -2.33. The highest BCUT2D eigenvalue weighted by Gasteiger charge is 2.26. The molecule has 272 valence electrons. The number of allylic oxidation sites excluding steroid dienone is 4. The number of fused-ring (bicyclic) bond motifs is 6. The summed E-state index contributed by atoms with van der Waals surface area (Å²) >= 11 is 1.84. The normalized spacial score (nSPS) is 13.3. The van der Waals surface area contributed by atoms with Crippen molar-refractivity contribution < 1.29 is 0 Å². The van der Waals surface area contributed by atoms with E-state index in [1.54, 1.807) is 0 Å². The van der Waals surface area contributed by atoms with Gasteiger partial charge in [-0.1, -0.05) is 181 Å². The number of nitrogens with zero attached hydrogens (tertiary/aromatic N) is 1. The quantitative estimate of drug-likeness (QED) is 0.116. The summed E-state index contributed by atoms with van der Waals surface area (Å²) < 4.78 is 1.28. The van der Waals surface area contributed by atoms with Crippen LogP contribution in [0.4, 0.5) is 11.4 Å². The van der Waals surface area contributed by atoms with E-state index < -0.39 is 0 Å². The summed E-state index contributed by atoms with van der Waals surface area (Å²) in [4.78, 5) is 3.77. The first kappa shape index (κ1) is 34.1. The third-order valence-electron chi connectivity index (χ3n) is 11.7. The predicted molar refractivity (Wildman–Crippen MR) is 248 cm³/mol. The first-order valence-corrected chi connectivity index (χ1v) is 20.8. The fourth-order valence-electron chi connectivity index (χ4n) is 8.78. The Labute approximate surface area is 342 Å². The SMILES string of the molecule is C1=C=C(c2ccccc2N(C2=CC=C(c3ccc(-c4ccc(-c5ccccc5)cc4)cc3)CC2)c2cc3ccccc3c3ccccc23)c2sc3ccccc3c2C=1. The molecule has 2 aliphatic carbocycles. The fraction of sp³-hybridized carbons (Fsp3) is 0.0357. The third-order valence-corrected chi connectivity index (χ3v) is 12.9. The van der Waals surface area contributed by atoms with E-state index in [0.717, 1.165) is 29.7 Å². The van der Waals surface area contributed by atoms with Gasteiger partial charge >= 0.3 is 0 Å². The molecule has 0 N–H and O–H groups in total. The zero-order valence-corrected chi connectivity index (χ0v) is 32.6. The van der Waals surface area contributed by atoms with Crippen molar-refractivity contribution in [3.05, 3.63) is 233 Å². The molecule has 0 bridgehead atoms. The highest BCUT2D eigenvalue weighted by molar-refractivity contribution is 7.20. The highest BCUT2D eigenvalue weighted by Crippen LogP contribution is 2.47. The zero-order chi connectivity index (χ0) is 38.4. The van der Waals surface area contributed by atoms with Gasteiger partial charge in [0.15, 0.2) is 0 Å². The molecule has 0 fully saturated rings. The molecule has 0 saturated heterocycles. The van der Waals surface area contributed by atoms with Crippen LogP contribution in [0.15, 0.2) is 211 Å². The van der Waals surface area contributed by atoms with E-state index in [1.165, 1.54) is 86.8 Å². The van der Waals surface area contributed by atoms with E-state index in [4.69, 9.17) is 0 Å². The van der Waals surface area contributed by atoms with Crippen molar-refractivity contribution >= 4 is 71.6 Å². The Hall–Kier alpha value is -7.18. The lowest BCUT2D eigenvalue weighted by molar-refractivity contribution is 0.931. The molecule has 0 amide bonds. The van der Waals surface area contributed by atoms with Crippen molar-refractivity contribution in [1.29, 1.82) is 0 Å². The van der Waals surface area contributed by atoms with E-state index in [-0.39, 0.29) is 0 Å². The maximum absolute atomic E-state index is 3.59. The van der Waals surface area contributed by atoms with Crippen LogP contribution in [-0.2, 0) is 0 Å². The molecule has 58 heavy (non-hydrogen) atoms. The summed E-state index contributed by atoms with van der Waals surface area (Å²) in [5, 5.41) is 6.25. The van der Waals surface area contributed by atoms with Crippen LogP contribution in [0.1, 0.15) is 34.4 Å². The summed E-state index contributed by atoms with van der Waals surface area (Å²) in [6.07, 6.45) is 8.62. The van der Waals surface area contributed by atoms with E-state index in [0.29, 0.717) is 0 Å². The Kier molecular flexibility index (Phi) is 8.46. The van der Waals surface area contributed by atoms with Gasteiger partial charge in [-0.3, -0.25) is 0 Å². The zero-order valence-electron chi connectivity index (χ0n) is 31.8. The van der Waals surface area contributed by atoms with Crippen LogP contribution in [0.3, 0.4) is 0 Å². The molecule has 1 aromatic heterocycles. The molecule has 2 heteroatoms. The Bertz CT molecular complexity index is 3220. The van der Waals surface area contributed by atoms with Gasteiger partial charge in [-0.15, -0.1) is 11.3 Å². The standard InChI is InChI=1S/C56H37NS/c1-2-13-38(14-3-1)39-25-27-40(28-26-39)41-29-31-42(32-30-41)43-33-35-45(36-34-43)57(54-37-44-15-4-5-16-46(44)47-17-6-7-18-48(47)54)53-23-10-8-19-49(53)51-21-12-22-52-50-20-9-11-24-55(50)58-56(51)52/h1-11,13-20,22-33,35,37H,34,36H2. The molecule has 2 aliphatic rings. The number of rotatable bonds is 7. The average Bonchev–Trinajstić information content (AvgIpc) is 3.69. The predicted octanol–water partition coefficient (Wildman–Crippen LogP) is 15.7. The van der Waals surface area contributed by atoms with Gasteiger partial charge in [0.2, 0.25) is 0 Å². The van der Waals surface area contributed by atoms with Crippen molar-refractivity contribution in [3.63, 3.8) is 0 Å². The molecule has 11 rings (SSSR count). The Morgan fingerprint density at radius 1 is 0.466 bits per heavy atom. The van der Waals surface area contributed by atoms with E-state index in [9.17, 15) is 0 Å². The Morgan fingerprint density at radius 2 is 1.07 bits per heavy atom.